The van der Waals surface area contributed by atoms with Crippen LogP contribution in [0.4, 0.5) is 8.78 Å². The third-order valence-electron chi connectivity index (χ3n) is 1.59. The summed E-state index contributed by atoms with van der Waals surface area (Å²) in [6.45, 7) is 0. The number of aldehydes is 1. The maximum Gasteiger partial charge on any atom is 0.284 e. The van der Waals surface area contributed by atoms with E-state index in [9.17, 15) is 18.7 Å². The van der Waals surface area contributed by atoms with E-state index < -0.39 is 17.9 Å². The van der Waals surface area contributed by atoms with Crippen LogP contribution in [0.25, 0.3) is 0 Å². The number of aromatic nitrogens is 1. The molecule has 0 aromatic carbocycles. The fraction of sp³-hybridized carbons (Fsp3) is 0.250. The third-order valence-corrected chi connectivity index (χ3v) is 2.19. The first-order chi connectivity index (χ1) is 6.60. The largest absolute Gasteiger partial charge is 0.505 e. The standard InChI is InChI=1S/C8H6BrF2NO2/c9-2-4-1-5(3-13)12-6(7(4)14)8(10)11/h1,3,8,14H,2H2. The van der Waals surface area contributed by atoms with Gasteiger partial charge in [0.15, 0.2) is 6.29 Å². The van der Waals surface area contributed by atoms with E-state index in [1.807, 2.05) is 0 Å². The second-order valence-corrected chi connectivity index (χ2v) is 3.05. The Labute approximate surface area is 86.9 Å². The molecule has 0 radical (unpaired) electrons. The SMILES string of the molecule is O=Cc1cc(CBr)c(O)c(C(F)F)n1. The number of carbonyl (C=O) groups excluding carboxylic acids is 1. The predicted octanol–water partition coefficient (Wildman–Crippen LogP) is 2.43. The Morgan fingerprint density at radius 3 is 2.71 bits per heavy atom. The van der Waals surface area contributed by atoms with Crippen molar-refractivity contribution < 1.29 is 18.7 Å². The lowest BCUT2D eigenvalue weighted by Gasteiger charge is -2.07. The van der Waals surface area contributed by atoms with E-state index in [0.717, 1.165) is 0 Å². The minimum absolute atomic E-state index is 0.118. The number of carbonyl (C=O) groups is 1. The van der Waals surface area contributed by atoms with Crippen molar-refractivity contribution in [2.24, 2.45) is 0 Å². The first kappa shape index (κ1) is 11.0. The smallest absolute Gasteiger partial charge is 0.284 e. The molecule has 0 aliphatic carbocycles. The van der Waals surface area contributed by atoms with Crippen LogP contribution in [0.3, 0.4) is 0 Å². The average Bonchev–Trinajstić information content (AvgIpc) is 2.17. The lowest BCUT2D eigenvalue weighted by atomic mass is 10.2. The van der Waals surface area contributed by atoms with Gasteiger partial charge in [0, 0.05) is 10.9 Å². The predicted molar refractivity (Wildman–Crippen MR) is 48.9 cm³/mol. The number of pyridine rings is 1. The third kappa shape index (κ3) is 2.06. The number of halogens is 3. The topological polar surface area (TPSA) is 50.2 Å². The zero-order chi connectivity index (χ0) is 10.7. The van der Waals surface area contributed by atoms with E-state index >= 15 is 0 Å². The summed E-state index contributed by atoms with van der Waals surface area (Å²) in [5.74, 6) is -0.567. The molecule has 0 bridgehead atoms. The minimum atomic E-state index is -2.90. The second kappa shape index (κ2) is 4.45. The van der Waals surface area contributed by atoms with Gasteiger partial charge in [-0.05, 0) is 6.07 Å². The number of hydrogen-bond acceptors (Lipinski definition) is 3. The molecule has 1 heterocycles. The van der Waals surface area contributed by atoms with Crippen molar-refractivity contribution in [3.63, 3.8) is 0 Å². The molecular weight excluding hydrogens is 260 g/mol. The molecule has 14 heavy (non-hydrogen) atoms. The molecule has 1 N–H and O–H groups in total. The van der Waals surface area contributed by atoms with E-state index in [2.05, 4.69) is 20.9 Å². The van der Waals surface area contributed by atoms with Gasteiger partial charge in [0.1, 0.15) is 17.1 Å². The van der Waals surface area contributed by atoms with Crippen LogP contribution in [-0.2, 0) is 5.33 Å². The van der Waals surface area contributed by atoms with Gasteiger partial charge in [-0.3, -0.25) is 4.79 Å². The molecule has 1 aromatic heterocycles. The Morgan fingerprint density at radius 1 is 1.64 bits per heavy atom. The summed E-state index contributed by atoms with van der Waals surface area (Å²) < 4.78 is 24.6. The van der Waals surface area contributed by atoms with E-state index in [4.69, 9.17) is 0 Å². The molecule has 6 heteroatoms. The number of alkyl halides is 3. The molecule has 3 nitrogen and oxygen atoms in total. The van der Waals surface area contributed by atoms with Crippen LogP contribution in [-0.4, -0.2) is 16.4 Å². The van der Waals surface area contributed by atoms with Gasteiger partial charge in [0.05, 0.1) is 0 Å². The quantitative estimate of drug-likeness (QED) is 0.675. The van der Waals surface area contributed by atoms with Crippen LogP contribution in [0.5, 0.6) is 5.75 Å². The summed E-state index contributed by atoms with van der Waals surface area (Å²) in [6.07, 6.45) is -2.54. The first-order valence-corrected chi connectivity index (χ1v) is 4.74. The molecule has 0 aliphatic heterocycles. The van der Waals surface area contributed by atoms with Gasteiger partial charge in [0.25, 0.3) is 6.43 Å². The highest BCUT2D eigenvalue weighted by Gasteiger charge is 2.18. The van der Waals surface area contributed by atoms with E-state index in [-0.39, 0.29) is 16.6 Å². The van der Waals surface area contributed by atoms with E-state index in [1.54, 1.807) is 0 Å². The molecule has 0 saturated heterocycles. The number of aromatic hydroxyl groups is 1. The summed E-state index contributed by atoms with van der Waals surface area (Å²) in [4.78, 5) is 13.7. The van der Waals surface area contributed by atoms with Gasteiger partial charge in [0.2, 0.25) is 0 Å². The molecule has 0 fully saturated rings. The van der Waals surface area contributed by atoms with Crippen molar-refractivity contribution in [3.05, 3.63) is 23.0 Å². The summed E-state index contributed by atoms with van der Waals surface area (Å²) in [5, 5.41) is 9.47. The maximum absolute atomic E-state index is 12.3. The molecule has 0 atom stereocenters. The molecule has 76 valence electrons. The van der Waals surface area contributed by atoms with Crippen LogP contribution in [0, 0.1) is 0 Å². The number of rotatable bonds is 3. The van der Waals surface area contributed by atoms with Gasteiger partial charge < -0.3 is 5.11 Å². The van der Waals surface area contributed by atoms with Crippen LogP contribution >= 0.6 is 15.9 Å². The highest BCUT2D eigenvalue weighted by Crippen LogP contribution is 2.30. The number of hydrogen-bond donors (Lipinski definition) is 1. The normalized spacial score (nSPS) is 10.6. The van der Waals surface area contributed by atoms with Gasteiger partial charge >= 0.3 is 0 Å². The molecule has 1 aromatic rings. The van der Waals surface area contributed by atoms with Crippen LogP contribution in [0.1, 0.15) is 28.2 Å². The van der Waals surface area contributed by atoms with E-state index in [1.165, 1.54) is 6.07 Å². The highest BCUT2D eigenvalue weighted by molar-refractivity contribution is 9.08. The molecule has 0 aliphatic rings. The monoisotopic (exact) mass is 265 g/mol. The lowest BCUT2D eigenvalue weighted by Crippen LogP contribution is -1.99. The number of nitrogens with zero attached hydrogens (tertiary/aromatic N) is 1. The Hall–Kier alpha value is -1.04. The zero-order valence-corrected chi connectivity index (χ0v) is 8.46. The van der Waals surface area contributed by atoms with Crippen molar-refractivity contribution in [2.45, 2.75) is 11.8 Å². The molecule has 0 spiro atoms. The fourth-order valence-corrected chi connectivity index (χ4v) is 1.38. The van der Waals surface area contributed by atoms with Gasteiger partial charge in [-0.15, -0.1) is 0 Å². The zero-order valence-electron chi connectivity index (χ0n) is 6.88. The lowest BCUT2D eigenvalue weighted by molar-refractivity contribution is 0.111. The maximum atomic E-state index is 12.3. The molecule has 0 saturated carbocycles. The van der Waals surface area contributed by atoms with Gasteiger partial charge in [-0.25, -0.2) is 13.8 Å². The average molecular weight is 266 g/mol. The summed E-state index contributed by atoms with van der Waals surface area (Å²) in [5.41, 5.74) is -0.658. The summed E-state index contributed by atoms with van der Waals surface area (Å²) >= 11 is 3.01. The van der Waals surface area contributed by atoms with Crippen molar-refractivity contribution in [1.29, 1.82) is 0 Å². The molecular formula is C8H6BrF2NO2. The van der Waals surface area contributed by atoms with Gasteiger partial charge in [-0.2, -0.15) is 0 Å². The summed E-state index contributed by atoms with van der Waals surface area (Å²) in [6, 6.07) is 1.25. The molecule has 0 unspecified atom stereocenters. The van der Waals surface area contributed by atoms with Crippen molar-refractivity contribution in [2.75, 3.05) is 0 Å². The van der Waals surface area contributed by atoms with Crippen LogP contribution in [0.15, 0.2) is 6.07 Å². The van der Waals surface area contributed by atoms with Crippen molar-refractivity contribution in [1.82, 2.24) is 4.98 Å². The Bertz CT molecular complexity index is 357. The minimum Gasteiger partial charge on any atom is -0.505 e. The second-order valence-electron chi connectivity index (χ2n) is 2.49. The van der Waals surface area contributed by atoms with Crippen LogP contribution < -0.4 is 0 Å². The highest BCUT2D eigenvalue weighted by atomic mass is 79.9. The summed E-state index contributed by atoms with van der Waals surface area (Å²) in [7, 11) is 0. The fourth-order valence-electron chi connectivity index (χ4n) is 0.950. The van der Waals surface area contributed by atoms with Crippen molar-refractivity contribution >= 4 is 22.2 Å². The van der Waals surface area contributed by atoms with Crippen LogP contribution in [0.2, 0.25) is 0 Å². The first-order valence-electron chi connectivity index (χ1n) is 3.62. The van der Waals surface area contributed by atoms with E-state index in [0.29, 0.717) is 6.29 Å². The Morgan fingerprint density at radius 2 is 2.29 bits per heavy atom. The van der Waals surface area contributed by atoms with Crippen molar-refractivity contribution in [3.8, 4) is 5.75 Å². The molecule has 1 rings (SSSR count). The Kier molecular flexibility index (Phi) is 3.51. The van der Waals surface area contributed by atoms with Gasteiger partial charge in [-0.1, -0.05) is 15.9 Å². The Balaban J connectivity index is 3.34. The molecule has 0 amide bonds.